The molecule has 2 amide bonds. The summed E-state index contributed by atoms with van der Waals surface area (Å²) in [6.07, 6.45) is -1.08. The molecule has 0 radical (unpaired) electrons. The molecule has 214 valence electrons. The number of nitrogens with zero attached hydrogens (tertiary/aromatic N) is 2. The second-order valence-electron chi connectivity index (χ2n) is 12.0. The van der Waals surface area contributed by atoms with Crippen LogP contribution in [-0.2, 0) is 19.1 Å². The summed E-state index contributed by atoms with van der Waals surface area (Å²) in [5.41, 5.74) is 2.88. The maximum atomic E-state index is 14.4. The molecular formula is C31H38N2O7. The van der Waals surface area contributed by atoms with E-state index in [1.54, 1.807) is 16.9 Å². The summed E-state index contributed by atoms with van der Waals surface area (Å²) >= 11 is 0. The van der Waals surface area contributed by atoms with Gasteiger partial charge in [-0.15, -0.1) is 0 Å². The number of anilines is 1. The van der Waals surface area contributed by atoms with Crippen molar-refractivity contribution in [2.45, 2.75) is 65.2 Å². The fourth-order valence-corrected chi connectivity index (χ4v) is 6.01. The number of piperidine rings is 1. The van der Waals surface area contributed by atoms with Gasteiger partial charge in [0.25, 0.3) is 5.91 Å². The number of carbonyl (C=O) groups is 3. The van der Waals surface area contributed by atoms with E-state index in [1.807, 2.05) is 43.3 Å². The Labute approximate surface area is 235 Å². The van der Waals surface area contributed by atoms with Crippen LogP contribution < -0.4 is 14.4 Å². The van der Waals surface area contributed by atoms with E-state index < -0.39 is 24.1 Å². The number of carboxylic acid groups (broad SMARTS) is 1. The standard InChI is InChI=1S/C31H38N2O7/c1-18-14-21-27-23(15-18)39-17-25(31(2,3)4)33(27)29(35)24(40-28(21)20-8-6-7-9-22(20)38-5)16-26(34)32-12-10-19(11-13-32)30(36)37/h6-9,14-15,19,24-25,28H,10-13,16-17H2,1-5H3,(H,36,37)/t24-,25-,28-/m1/s1. The van der Waals surface area contributed by atoms with Crippen LogP contribution in [0.15, 0.2) is 36.4 Å². The highest BCUT2D eigenvalue weighted by Gasteiger charge is 2.48. The van der Waals surface area contributed by atoms with Crippen molar-refractivity contribution in [2.75, 3.05) is 31.7 Å². The SMILES string of the molecule is COc1ccccc1[C@H]1O[C@H](CC(=O)N2CCC(C(=O)O)CC2)C(=O)N2c3c(cc(C)cc31)OC[C@@H]2C(C)(C)C. The predicted octanol–water partition coefficient (Wildman–Crippen LogP) is 4.35. The van der Waals surface area contributed by atoms with Crippen LogP contribution in [0.25, 0.3) is 0 Å². The first-order valence-corrected chi connectivity index (χ1v) is 13.9. The Morgan fingerprint density at radius 1 is 1.10 bits per heavy atom. The minimum atomic E-state index is -1.05. The van der Waals surface area contributed by atoms with E-state index in [2.05, 4.69) is 20.8 Å². The van der Waals surface area contributed by atoms with Gasteiger partial charge in [-0.3, -0.25) is 19.3 Å². The van der Waals surface area contributed by atoms with Gasteiger partial charge < -0.3 is 24.2 Å². The molecule has 2 aromatic carbocycles. The van der Waals surface area contributed by atoms with E-state index in [1.165, 1.54) is 0 Å². The van der Waals surface area contributed by atoms with Gasteiger partial charge in [0, 0.05) is 24.2 Å². The van der Waals surface area contributed by atoms with E-state index >= 15 is 0 Å². The summed E-state index contributed by atoms with van der Waals surface area (Å²) in [6, 6.07) is 11.2. The van der Waals surface area contributed by atoms with E-state index in [9.17, 15) is 19.5 Å². The zero-order valence-electron chi connectivity index (χ0n) is 23.8. The summed E-state index contributed by atoms with van der Waals surface area (Å²) in [5.74, 6) is -0.543. The fourth-order valence-electron chi connectivity index (χ4n) is 6.01. The molecular weight excluding hydrogens is 512 g/mol. The molecule has 3 atom stereocenters. The number of carboxylic acids is 1. The molecule has 1 saturated heterocycles. The number of hydrogen-bond donors (Lipinski definition) is 1. The van der Waals surface area contributed by atoms with Gasteiger partial charge in [0.2, 0.25) is 5.91 Å². The molecule has 0 spiro atoms. The molecule has 0 aliphatic carbocycles. The topological polar surface area (TPSA) is 106 Å². The van der Waals surface area contributed by atoms with Crippen molar-refractivity contribution < 1.29 is 33.7 Å². The van der Waals surface area contributed by atoms with Gasteiger partial charge in [-0.1, -0.05) is 45.0 Å². The molecule has 0 bridgehead atoms. The Kier molecular flexibility index (Phi) is 7.52. The molecule has 3 aliphatic rings. The van der Waals surface area contributed by atoms with E-state index in [0.29, 0.717) is 49.7 Å². The van der Waals surface area contributed by atoms with E-state index in [0.717, 1.165) is 16.7 Å². The van der Waals surface area contributed by atoms with Gasteiger partial charge in [0.15, 0.2) is 0 Å². The Hall–Kier alpha value is -3.59. The Balaban J connectivity index is 1.58. The minimum absolute atomic E-state index is 0.140. The summed E-state index contributed by atoms with van der Waals surface area (Å²) < 4.78 is 18.6. The average molecular weight is 551 g/mol. The molecule has 3 heterocycles. The van der Waals surface area contributed by atoms with Crippen molar-refractivity contribution in [2.24, 2.45) is 11.3 Å². The van der Waals surface area contributed by atoms with Crippen LogP contribution in [-0.4, -0.2) is 66.7 Å². The second-order valence-corrected chi connectivity index (χ2v) is 12.0. The van der Waals surface area contributed by atoms with Crippen LogP contribution in [0.2, 0.25) is 0 Å². The minimum Gasteiger partial charge on any atom is -0.496 e. The van der Waals surface area contributed by atoms with Crippen molar-refractivity contribution in [1.29, 1.82) is 0 Å². The van der Waals surface area contributed by atoms with Gasteiger partial charge in [-0.2, -0.15) is 0 Å². The quantitative estimate of drug-likeness (QED) is 0.590. The van der Waals surface area contributed by atoms with E-state index in [4.69, 9.17) is 14.2 Å². The zero-order chi connectivity index (χ0) is 28.8. The first kappa shape index (κ1) is 28.0. The van der Waals surface area contributed by atoms with Crippen LogP contribution in [0.5, 0.6) is 11.5 Å². The van der Waals surface area contributed by atoms with Gasteiger partial charge in [-0.25, -0.2) is 0 Å². The fraction of sp³-hybridized carbons (Fsp3) is 0.516. The Morgan fingerprint density at radius 2 is 1.80 bits per heavy atom. The van der Waals surface area contributed by atoms with Crippen LogP contribution >= 0.6 is 0 Å². The van der Waals surface area contributed by atoms with Crippen molar-refractivity contribution in [3.05, 3.63) is 53.1 Å². The van der Waals surface area contributed by atoms with Crippen molar-refractivity contribution in [3.63, 3.8) is 0 Å². The van der Waals surface area contributed by atoms with Gasteiger partial charge >= 0.3 is 5.97 Å². The Morgan fingerprint density at radius 3 is 2.45 bits per heavy atom. The summed E-state index contributed by atoms with van der Waals surface area (Å²) in [4.78, 5) is 42.8. The number of amides is 2. The molecule has 0 aromatic heterocycles. The maximum absolute atomic E-state index is 14.4. The lowest BCUT2D eigenvalue weighted by Gasteiger charge is -2.44. The lowest BCUT2D eigenvalue weighted by Crippen LogP contribution is -2.56. The Bertz CT molecular complexity index is 1310. The summed E-state index contributed by atoms with van der Waals surface area (Å²) in [7, 11) is 1.60. The average Bonchev–Trinajstić information content (AvgIpc) is 3.03. The first-order valence-electron chi connectivity index (χ1n) is 13.9. The maximum Gasteiger partial charge on any atom is 0.306 e. The predicted molar refractivity (Wildman–Crippen MR) is 149 cm³/mol. The number of benzene rings is 2. The second kappa shape index (κ2) is 10.8. The molecule has 9 heteroatoms. The number of aryl methyl sites for hydroxylation is 1. The first-order chi connectivity index (χ1) is 19.0. The van der Waals surface area contributed by atoms with Crippen LogP contribution in [0.1, 0.15) is 62.8 Å². The largest absolute Gasteiger partial charge is 0.496 e. The smallest absolute Gasteiger partial charge is 0.306 e. The van der Waals surface area contributed by atoms with Crippen LogP contribution in [0.3, 0.4) is 0 Å². The lowest BCUT2D eigenvalue weighted by atomic mass is 9.84. The van der Waals surface area contributed by atoms with Crippen molar-refractivity contribution in [1.82, 2.24) is 4.90 Å². The molecule has 0 unspecified atom stereocenters. The third kappa shape index (κ3) is 5.14. The molecule has 1 fully saturated rings. The molecule has 2 aromatic rings. The van der Waals surface area contributed by atoms with Gasteiger partial charge in [0.1, 0.15) is 30.3 Å². The van der Waals surface area contributed by atoms with Crippen LogP contribution in [0, 0.1) is 18.3 Å². The molecule has 3 aliphatic heterocycles. The highest BCUT2D eigenvalue weighted by Crippen LogP contribution is 2.50. The highest BCUT2D eigenvalue weighted by molar-refractivity contribution is 6.02. The monoisotopic (exact) mass is 550 g/mol. The van der Waals surface area contributed by atoms with Gasteiger partial charge in [0.05, 0.1) is 31.2 Å². The molecule has 0 saturated carbocycles. The lowest BCUT2D eigenvalue weighted by molar-refractivity contribution is -0.148. The van der Waals surface area contributed by atoms with Crippen LogP contribution in [0.4, 0.5) is 5.69 Å². The number of methoxy groups -OCH3 is 1. The number of rotatable bonds is 5. The number of hydrogen-bond acceptors (Lipinski definition) is 6. The molecule has 40 heavy (non-hydrogen) atoms. The van der Waals surface area contributed by atoms with Crippen molar-refractivity contribution >= 4 is 23.5 Å². The van der Waals surface area contributed by atoms with Gasteiger partial charge in [-0.05, 0) is 42.9 Å². The normalized spacial score (nSPS) is 23.2. The number of aliphatic carboxylic acids is 1. The zero-order valence-corrected chi connectivity index (χ0v) is 23.8. The molecule has 9 nitrogen and oxygen atoms in total. The highest BCUT2D eigenvalue weighted by atomic mass is 16.5. The third-order valence-electron chi connectivity index (χ3n) is 8.27. The number of ether oxygens (including phenoxy) is 3. The number of carbonyl (C=O) groups excluding carboxylic acids is 2. The van der Waals surface area contributed by atoms with E-state index in [-0.39, 0.29) is 29.7 Å². The van der Waals surface area contributed by atoms with Crippen molar-refractivity contribution in [3.8, 4) is 11.5 Å². The summed E-state index contributed by atoms with van der Waals surface area (Å²) in [6.45, 7) is 9.22. The molecule has 1 N–H and O–H groups in total. The number of para-hydroxylation sites is 1. The molecule has 5 rings (SSSR count). The summed E-state index contributed by atoms with van der Waals surface area (Å²) in [5, 5.41) is 9.36. The third-order valence-corrected chi connectivity index (χ3v) is 8.27. The number of likely N-dealkylation sites (tertiary alicyclic amines) is 1.